The van der Waals surface area contributed by atoms with Crippen molar-refractivity contribution in [2.45, 2.75) is 6.42 Å². The van der Waals surface area contributed by atoms with E-state index in [1.165, 1.54) is 11.3 Å². The molecule has 5 rings (SSSR count). The lowest BCUT2D eigenvalue weighted by Gasteiger charge is -2.22. The number of para-hydroxylation sites is 1. The van der Waals surface area contributed by atoms with Crippen LogP contribution in [-0.2, 0) is 0 Å². The molecule has 0 saturated carbocycles. The SMILES string of the molecule is CN(C)CCCN(C(=O)c1cc(-c2cccs2)nc2ccccc12)c1nc2ccc(Cl)cc2s1.Cl. The van der Waals surface area contributed by atoms with Gasteiger partial charge in [-0.1, -0.05) is 47.2 Å². The van der Waals surface area contributed by atoms with Gasteiger partial charge in [0.1, 0.15) is 0 Å². The Hall–Kier alpha value is -2.55. The van der Waals surface area contributed by atoms with Gasteiger partial charge in [0.15, 0.2) is 5.13 Å². The number of hydrogen-bond donors (Lipinski definition) is 0. The van der Waals surface area contributed by atoms with Crippen molar-refractivity contribution in [2.75, 3.05) is 32.1 Å². The number of thiophene rings is 1. The fourth-order valence-corrected chi connectivity index (χ4v) is 5.83. The normalized spacial score (nSPS) is 11.2. The summed E-state index contributed by atoms with van der Waals surface area (Å²) in [6.45, 7) is 1.44. The molecule has 5 nitrogen and oxygen atoms in total. The van der Waals surface area contributed by atoms with E-state index >= 15 is 0 Å². The summed E-state index contributed by atoms with van der Waals surface area (Å²) in [4.78, 5) is 28.7. The van der Waals surface area contributed by atoms with Crippen molar-refractivity contribution in [1.82, 2.24) is 14.9 Å². The Kier molecular flexibility index (Phi) is 8.04. The van der Waals surface area contributed by atoms with Gasteiger partial charge in [0.25, 0.3) is 5.91 Å². The predicted octanol–water partition coefficient (Wildman–Crippen LogP) is 7.25. The Labute approximate surface area is 223 Å². The monoisotopic (exact) mass is 542 g/mol. The first-order valence-corrected chi connectivity index (χ1v) is 13.0. The topological polar surface area (TPSA) is 49.3 Å². The molecular formula is C26H24Cl2N4OS2. The maximum absolute atomic E-state index is 14.1. The van der Waals surface area contributed by atoms with E-state index in [9.17, 15) is 4.79 Å². The summed E-state index contributed by atoms with van der Waals surface area (Å²) in [5.74, 6) is -0.0692. The van der Waals surface area contributed by atoms with Crippen LogP contribution in [0.5, 0.6) is 0 Å². The van der Waals surface area contributed by atoms with Gasteiger partial charge in [-0.2, -0.15) is 0 Å². The number of thiazole rings is 1. The molecule has 35 heavy (non-hydrogen) atoms. The van der Waals surface area contributed by atoms with Gasteiger partial charge in [-0.3, -0.25) is 9.69 Å². The molecule has 0 bridgehead atoms. The number of anilines is 1. The Morgan fingerprint density at radius 1 is 0.971 bits per heavy atom. The fourth-order valence-electron chi connectivity index (χ4n) is 3.88. The molecule has 5 aromatic rings. The molecule has 1 amide bonds. The van der Waals surface area contributed by atoms with E-state index in [0.29, 0.717) is 22.3 Å². The molecule has 2 aromatic carbocycles. The number of aromatic nitrogens is 2. The summed E-state index contributed by atoms with van der Waals surface area (Å²) in [6, 6.07) is 19.4. The minimum atomic E-state index is -0.0692. The zero-order valence-corrected chi connectivity index (χ0v) is 22.5. The molecule has 0 N–H and O–H groups in total. The predicted molar refractivity (Wildman–Crippen MR) is 152 cm³/mol. The second-order valence-electron chi connectivity index (χ2n) is 8.27. The third-order valence-corrected chi connectivity index (χ3v) is 7.69. The van der Waals surface area contributed by atoms with Gasteiger partial charge in [-0.05, 0) is 68.8 Å². The number of amides is 1. The highest BCUT2D eigenvalue weighted by Crippen LogP contribution is 2.34. The molecular weight excluding hydrogens is 519 g/mol. The van der Waals surface area contributed by atoms with Gasteiger partial charge in [-0.15, -0.1) is 23.7 Å². The first-order valence-electron chi connectivity index (χ1n) is 11.0. The molecule has 9 heteroatoms. The smallest absolute Gasteiger partial charge is 0.260 e. The number of hydrogen-bond acceptors (Lipinski definition) is 6. The van der Waals surface area contributed by atoms with Crippen LogP contribution in [0.3, 0.4) is 0 Å². The van der Waals surface area contributed by atoms with Gasteiger partial charge in [-0.25, -0.2) is 9.97 Å². The third kappa shape index (κ3) is 5.50. The number of halogens is 2. The first-order chi connectivity index (χ1) is 16.5. The minimum Gasteiger partial charge on any atom is -0.309 e. The number of pyridine rings is 1. The molecule has 3 aromatic heterocycles. The molecule has 0 atom stereocenters. The molecule has 0 spiro atoms. The summed E-state index contributed by atoms with van der Waals surface area (Å²) in [7, 11) is 4.07. The lowest BCUT2D eigenvalue weighted by atomic mass is 10.1. The maximum Gasteiger partial charge on any atom is 0.260 e. The van der Waals surface area contributed by atoms with Crippen molar-refractivity contribution in [3.05, 3.63) is 76.6 Å². The molecule has 0 radical (unpaired) electrons. The molecule has 3 heterocycles. The maximum atomic E-state index is 14.1. The van der Waals surface area contributed by atoms with Crippen molar-refractivity contribution < 1.29 is 4.79 Å². The Morgan fingerprint density at radius 3 is 2.57 bits per heavy atom. The van der Waals surface area contributed by atoms with E-state index < -0.39 is 0 Å². The second kappa shape index (κ2) is 11.0. The lowest BCUT2D eigenvalue weighted by Crippen LogP contribution is -2.33. The zero-order chi connectivity index (χ0) is 23.7. The van der Waals surface area contributed by atoms with E-state index in [2.05, 4.69) is 4.90 Å². The molecule has 0 aliphatic heterocycles. The number of rotatable bonds is 7. The van der Waals surface area contributed by atoms with E-state index in [-0.39, 0.29) is 18.3 Å². The molecule has 0 fully saturated rings. The summed E-state index contributed by atoms with van der Waals surface area (Å²) >= 11 is 9.31. The van der Waals surface area contributed by atoms with E-state index in [4.69, 9.17) is 21.6 Å². The second-order valence-corrected chi connectivity index (χ2v) is 10.7. The van der Waals surface area contributed by atoms with E-state index in [0.717, 1.165) is 44.7 Å². The Bertz CT molecular complexity index is 1470. The highest BCUT2D eigenvalue weighted by atomic mass is 35.5. The lowest BCUT2D eigenvalue weighted by molar-refractivity contribution is 0.0987. The average molecular weight is 544 g/mol. The Balaban J connectivity index is 0.00000289. The number of carbonyl (C=O) groups is 1. The quantitative estimate of drug-likeness (QED) is 0.217. The van der Waals surface area contributed by atoms with Crippen molar-refractivity contribution in [3.8, 4) is 10.6 Å². The average Bonchev–Trinajstić information content (AvgIpc) is 3.50. The van der Waals surface area contributed by atoms with Crippen LogP contribution in [0.4, 0.5) is 5.13 Å². The first kappa shape index (κ1) is 25.5. The highest BCUT2D eigenvalue weighted by molar-refractivity contribution is 7.22. The largest absolute Gasteiger partial charge is 0.309 e. The van der Waals surface area contributed by atoms with E-state index in [1.54, 1.807) is 11.3 Å². The summed E-state index contributed by atoms with van der Waals surface area (Å²) in [5.41, 5.74) is 3.09. The Morgan fingerprint density at radius 2 is 1.80 bits per heavy atom. The zero-order valence-electron chi connectivity index (χ0n) is 19.3. The van der Waals surface area contributed by atoms with Crippen molar-refractivity contribution in [1.29, 1.82) is 0 Å². The summed E-state index contributed by atoms with van der Waals surface area (Å²) in [5, 5.41) is 4.20. The molecule has 0 unspecified atom stereocenters. The van der Waals surface area contributed by atoms with Crippen LogP contribution >= 0.6 is 46.7 Å². The molecule has 0 aliphatic rings. The van der Waals surface area contributed by atoms with Crippen LogP contribution in [0.15, 0.2) is 66.0 Å². The van der Waals surface area contributed by atoms with Gasteiger partial charge in [0, 0.05) is 17.0 Å². The minimum absolute atomic E-state index is 0. The fraction of sp³-hybridized carbons (Fsp3) is 0.192. The van der Waals surface area contributed by atoms with Gasteiger partial charge in [0.2, 0.25) is 0 Å². The summed E-state index contributed by atoms with van der Waals surface area (Å²) in [6.07, 6.45) is 0.830. The van der Waals surface area contributed by atoms with Gasteiger partial charge in [0.05, 0.1) is 31.9 Å². The number of nitrogens with zero attached hydrogens (tertiary/aromatic N) is 4. The van der Waals surface area contributed by atoms with Crippen LogP contribution in [0.25, 0.3) is 31.7 Å². The van der Waals surface area contributed by atoms with Crippen LogP contribution in [0, 0.1) is 0 Å². The number of benzene rings is 2. The van der Waals surface area contributed by atoms with Crippen molar-refractivity contribution >= 4 is 78.8 Å². The standard InChI is InChI=1S/C26H23ClN4OS2.ClH/c1-30(2)12-6-13-31(26-29-21-11-10-17(27)15-24(21)34-26)25(32)19-16-22(23-9-5-14-33-23)28-20-8-4-3-7-18(19)20;/h3-5,7-11,14-16H,6,12-13H2,1-2H3;1H. The van der Waals surface area contributed by atoms with Crippen LogP contribution in [0.2, 0.25) is 5.02 Å². The molecule has 0 aliphatic carbocycles. The van der Waals surface area contributed by atoms with E-state index in [1.807, 2.05) is 85.0 Å². The van der Waals surface area contributed by atoms with Crippen LogP contribution in [0.1, 0.15) is 16.8 Å². The van der Waals surface area contributed by atoms with Crippen molar-refractivity contribution in [3.63, 3.8) is 0 Å². The van der Waals surface area contributed by atoms with Gasteiger partial charge >= 0.3 is 0 Å². The summed E-state index contributed by atoms with van der Waals surface area (Å²) < 4.78 is 0.965. The molecule has 0 saturated heterocycles. The highest BCUT2D eigenvalue weighted by Gasteiger charge is 2.24. The van der Waals surface area contributed by atoms with Crippen LogP contribution in [-0.4, -0.2) is 48.0 Å². The number of carbonyl (C=O) groups excluding carboxylic acids is 1. The van der Waals surface area contributed by atoms with Crippen molar-refractivity contribution in [2.24, 2.45) is 0 Å². The third-order valence-electron chi connectivity index (χ3n) is 5.52. The van der Waals surface area contributed by atoms with Gasteiger partial charge < -0.3 is 4.90 Å². The molecule has 180 valence electrons. The van der Waals surface area contributed by atoms with Crippen LogP contribution < -0.4 is 4.90 Å². The number of fused-ring (bicyclic) bond motifs is 2.